The Labute approximate surface area is 142 Å². The number of carbonyl (C=O) groups is 1. The Morgan fingerprint density at radius 3 is 2.35 bits per heavy atom. The van der Waals surface area contributed by atoms with E-state index in [2.05, 4.69) is 54.0 Å². The number of rotatable bonds is 8. The fraction of sp³-hybridized carbons (Fsp3) is 0.316. The number of anilines is 1. The van der Waals surface area contributed by atoms with E-state index in [9.17, 15) is 4.79 Å². The normalized spacial score (nSPS) is 10.5. The standard InChI is InChI=1S/C19H24N2OS/c1-15-3-5-18(6-4-15)14-23-12-11-20-13-17-7-9-19(10-8-17)21-16(2)22/h3-10,20H,11-14H2,1-2H3,(H,21,22)/p+1. The second-order valence-electron chi connectivity index (χ2n) is 5.70. The minimum Gasteiger partial charge on any atom is -0.342 e. The van der Waals surface area contributed by atoms with Crippen LogP contribution in [0.4, 0.5) is 5.69 Å². The first-order valence-corrected chi connectivity index (χ1v) is 9.10. The van der Waals surface area contributed by atoms with E-state index >= 15 is 0 Å². The Morgan fingerprint density at radius 2 is 1.70 bits per heavy atom. The molecule has 0 saturated carbocycles. The van der Waals surface area contributed by atoms with Crippen molar-refractivity contribution in [3.05, 3.63) is 65.2 Å². The van der Waals surface area contributed by atoms with Crippen LogP contribution in [0, 0.1) is 6.92 Å². The molecule has 122 valence electrons. The fourth-order valence-corrected chi connectivity index (χ4v) is 3.14. The largest absolute Gasteiger partial charge is 0.342 e. The van der Waals surface area contributed by atoms with Crippen LogP contribution in [-0.2, 0) is 17.1 Å². The van der Waals surface area contributed by atoms with E-state index in [0.717, 1.165) is 30.3 Å². The smallest absolute Gasteiger partial charge is 0.221 e. The zero-order chi connectivity index (χ0) is 16.5. The maximum Gasteiger partial charge on any atom is 0.221 e. The van der Waals surface area contributed by atoms with Crippen molar-refractivity contribution in [2.45, 2.75) is 26.1 Å². The van der Waals surface area contributed by atoms with Gasteiger partial charge in [-0.1, -0.05) is 42.0 Å². The van der Waals surface area contributed by atoms with Crippen molar-refractivity contribution in [1.29, 1.82) is 0 Å². The molecule has 4 heteroatoms. The highest BCUT2D eigenvalue weighted by Gasteiger charge is 1.99. The number of amides is 1. The SMILES string of the molecule is CC(=O)Nc1ccc(C[NH2+]CCSCc2ccc(C)cc2)cc1. The predicted molar refractivity (Wildman–Crippen MR) is 98.6 cm³/mol. The molecule has 0 aliphatic heterocycles. The summed E-state index contributed by atoms with van der Waals surface area (Å²) in [6.07, 6.45) is 0. The molecule has 0 radical (unpaired) electrons. The van der Waals surface area contributed by atoms with Crippen molar-refractivity contribution in [2.24, 2.45) is 0 Å². The molecule has 0 aliphatic carbocycles. The van der Waals surface area contributed by atoms with E-state index in [1.807, 2.05) is 23.9 Å². The third kappa shape index (κ3) is 6.89. The molecule has 3 N–H and O–H groups in total. The first kappa shape index (κ1) is 17.6. The molecule has 0 fully saturated rings. The number of hydrogen-bond donors (Lipinski definition) is 2. The summed E-state index contributed by atoms with van der Waals surface area (Å²) in [7, 11) is 0. The Morgan fingerprint density at radius 1 is 1.04 bits per heavy atom. The van der Waals surface area contributed by atoms with Crippen LogP contribution in [-0.4, -0.2) is 18.2 Å². The highest BCUT2D eigenvalue weighted by molar-refractivity contribution is 7.98. The van der Waals surface area contributed by atoms with Gasteiger partial charge in [-0.15, -0.1) is 0 Å². The van der Waals surface area contributed by atoms with E-state index in [0.29, 0.717) is 0 Å². The quantitative estimate of drug-likeness (QED) is 0.732. The van der Waals surface area contributed by atoms with Crippen molar-refractivity contribution < 1.29 is 10.1 Å². The van der Waals surface area contributed by atoms with Crippen LogP contribution in [0.1, 0.15) is 23.6 Å². The summed E-state index contributed by atoms with van der Waals surface area (Å²) in [5.41, 5.74) is 4.85. The van der Waals surface area contributed by atoms with Crippen molar-refractivity contribution in [2.75, 3.05) is 17.6 Å². The number of quaternary nitrogens is 1. The van der Waals surface area contributed by atoms with Gasteiger partial charge in [0.15, 0.2) is 0 Å². The fourth-order valence-electron chi connectivity index (χ4n) is 2.24. The van der Waals surface area contributed by atoms with E-state index in [-0.39, 0.29) is 5.91 Å². The molecule has 0 heterocycles. The highest BCUT2D eigenvalue weighted by atomic mass is 32.2. The number of thioether (sulfide) groups is 1. The van der Waals surface area contributed by atoms with Crippen LogP contribution in [0.3, 0.4) is 0 Å². The molecule has 1 amide bonds. The number of aryl methyl sites for hydroxylation is 1. The summed E-state index contributed by atoms with van der Waals surface area (Å²) in [4.78, 5) is 11.0. The first-order valence-electron chi connectivity index (χ1n) is 7.95. The summed E-state index contributed by atoms with van der Waals surface area (Å²) in [6.45, 7) is 5.74. The van der Waals surface area contributed by atoms with Gasteiger partial charge in [0.05, 0.1) is 6.54 Å². The van der Waals surface area contributed by atoms with Gasteiger partial charge in [-0.05, 0) is 24.6 Å². The summed E-state index contributed by atoms with van der Waals surface area (Å²) in [6, 6.07) is 16.8. The van der Waals surface area contributed by atoms with Crippen LogP contribution in [0.2, 0.25) is 0 Å². The highest BCUT2D eigenvalue weighted by Crippen LogP contribution is 2.12. The number of nitrogens with two attached hydrogens (primary N) is 1. The van der Waals surface area contributed by atoms with Crippen molar-refractivity contribution >= 4 is 23.4 Å². The first-order chi connectivity index (χ1) is 11.1. The van der Waals surface area contributed by atoms with Crippen LogP contribution in [0.15, 0.2) is 48.5 Å². The second-order valence-corrected chi connectivity index (χ2v) is 6.80. The number of nitrogens with one attached hydrogen (secondary N) is 1. The Balaban J connectivity index is 1.60. The Kier molecular flexibility index (Phi) is 7.17. The molecule has 3 nitrogen and oxygen atoms in total. The van der Waals surface area contributed by atoms with Gasteiger partial charge >= 0.3 is 0 Å². The van der Waals surface area contributed by atoms with E-state index in [4.69, 9.17) is 0 Å². The van der Waals surface area contributed by atoms with Gasteiger partial charge in [0.2, 0.25) is 5.91 Å². The molecular formula is C19H25N2OS+. The minimum atomic E-state index is -0.0325. The molecule has 0 atom stereocenters. The van der Waals surface area contributed by atoms with Gasteiger partial charge in [-0.2, -0.15) is 11.8 Å². The van der Waals surface area contributed by atoms with Crippen LogP contribution in [0.25, 0.3) is 0 Å². The number of carbonyl (C=O) groups excluding carboxylic acids is 1. The van der Waals surface area contributed by atoms with E-state index in [1.165, 1.54) is 23.6 Å². The summed E-state index contributed by atoms with van der Waals surface area (Å²) >= 11 is 1.98. The molecule has 0 spiro atoms. The topological polar surface area (TPSA) is 45.7 Å². The summed E-state index contributed by atoms with van der Waals surface area (Å²) < 4.78 is 0. The maximum absolute atomic E-state index is 11.0. The van der Waals surface area contributed by atoms with Gasteiger partial charge in [0.25, 0.3) is 0 Å². The number of hydrogen-bond acceptors (Lipinski definition) is 2. The van der Waals surface area contributed by atoms with Gasteiger partial charge in [0.1, 0.15) is 6.54 Å². The third-order valence-electron chi connectivity index (χ3n) is 3.51. The molecule has 23 heavy (non-hydrogen) atoms. The minimum absolute atomic E-state index is 0.0325. The average Bonchev–Trinajstić information content (AvgIpc) is 2.53. The van der Waals surface area contributed by atoms with E-state index < -0.39 is 0 Å². The maximum atomic E-state index is 11.0. The van der Waals surface area contributed by atoms with Gasteiger partial charge in [-0.25, -0.2) is 0 Å². The van der Waals surface area contributed by atoms with Crippen molar-refractivity contribution in [3.8, 4) is 0 Å². The van der Waals surface area contributed by atoms with Crippen molar-refractivity contribution in [1.82, 2.24) is 0 Å². The lowest BCUT2D eigenvalue weighted by Gasteiger charge is -2.05. The average molecular weight is 329 g/mol. The lowest BCUT2D eigenvalue weighted by atomic mass is 10.2. The monoisotopic (exact) mass is 329 g/mol. The molecule has 0 aliphatic rings. The summed E-state index contributed by atoms with van der Waals surface area (Å²) in [5.74, 6) is 2.20. The molecular weight excluding hydrogens is 304 g/mol. The van der Waals surface area contributed by atoms with Gasteiger partial charge in [0, 0.05) is 29.7 Å². The molecule has 2 rings (SSSR count). The molecule has 0 saturated heterocycles. The summed E-state index contributed by atoms with van der Waals surface area (Å²) in [5, 5.41) is 5.11. The lowest BCUT2D eigenvalue weighted by molar-refractivity contribution is -0.666. The second kappa shape index (κ2) is 9.38. The van der Waals surface area contributed by atoms with Crippen LogP contribution < -0.4 is 10.6 Å². The molecule has 0 bridgehead atoms. The van der Waals surface area contributed by atoms with Crippen LogP contribution >= 0.6 is 11.8 Å². The van der Waals surface area contributed by atoms with Gasteiger partial charge in [-0.3, -0.25) is 4.79 Å². The van der Waals surface area contributed by atoms with E-state index in [1.54, 1.807) is 0 Å². The molecule has 0 aromatic heterocycles. The number of benzene rings is 2. The molecule has 2 aromatic rings. The Bertz CT molecular complexity index is 608. The van der Waals surface area contributed by atoms with Crippen molar-refractivity contribution in [3.63, 3.8) is 0 Å². The molecule has 0 unspecified atom stereocenters. The zero-order valence-corrected chi connectivity index (χ0v) is 14.7. The Hall–Kier alpha value is -1.78. The lowest BCUT2D eigenvalue weighted by Crippen LogP contribution is -2.83. The predicted octanol–water partition coefficient (Wildman–Crippen LogP) is 2.95. The zero-order valence-electron chi connectivity index (χ0n) is 13.8. The molecule has 2 aromatic carbocycles. The van der Waals surface area contributed by atoms with Gasteiger partial charge < -0.3 is 10.6 Å². The third-order valence-corrected chi connectivity index (χ3v) is 4.57. The van der Waals surface area contributed by atoms with Crippen LogP contribution in [0.5, 0.6) is 0 Å².